The molecule has 1 aliphatic carbocycles. The standard InChI is InChI=1S/C19H24O/c1-14-5-4-6-15(10-9-14)13-17-12-11-16-7-2-3-8-18(16)19(17)20/h2-3,7-8,11-12,14-15,20H,4-6,9-10,13H2,1H3. The monoisotopic (exact) mass is 268 g/mol. The van der Waals surface area contributed by atoms with Crippen molar-refractivity contribution in [2.24, 2.45) is 11.8 Å². The van der Waals surface area contributed by atoms with E-state index in [9.17, 15) is 5.11 Å². The van der Waals surface area contributed by atoms with Gasteiger partial charge in [0, 0.05) is 5.39 Å². The van der Waals surface area contributed by atoms with Gasteiger partial charge in [-0.2, -0.15) is 0 Å². The summed E-state index contributed by atoms with van der Waals surface area (Å²) in [6.07, 6.45) is 7.73. The fourth-order valence-corrected chi connectivity index (χ4v) is 3.54. The molecule has 2 atom stereocenters. The number of rotatable bonds is 2. The highest BCUT2D eigenvalue weighted by Gasteiger charge is 2.18. The number of hydrogen-bond acceptors (Lipinski definition) is 1. The first-order valence-electron chi connectivity index (χ1n) is 7.93. The van der Waals surface area contributed by atoms with Crippen LogP contribution in [0.15, 0.2) is 36.4 Å². The lowest BCUT2D eigenvalue weighted by Gasteiger charge is -2.16. The SMILES string of the molecule is CC1CCCC(Cc2ccc3ccccc3c2O)CC1. The average Bonchev–Trinajstić information content (AvgIpc) is 2.67. The molecule has 1 N–H and O–H groups in total. The molecule has 1 fully saturated rings. The summed E-state index contributed by atoms with van der Waals surface area (Å²) >= 11 is 0. The van der Waals surface area contributed by atoms with E-state index in [0.717, 1.165) is 34.6 Å². The van der Waals surface area contributed by atoms with E-state index < -0.39 is 0 Å². The van der Waals surface area contributed by atoms with Gasteiger partial charge in [0.2, 0.25) is 0 Å². The summed E-state index contributed by atoms with van der Waals surface area (Å²) in [7, 11) is 0. The van der Waals surface area contributed by atoms with Crippen LogP contribution in [0.5, 0.6) is 5.75 Å². The Morgan fingerprint density at radius 3 is 2.75 bits per heavy atom. The van der Waals surface area contributed by atoms with Gasteiger partial charge in [0.25, 0.3) is 0 Å². The highest BCUT2D eigenvalue weighted by Crippen LogP contribution is 2.34. The molecule has 1 heteroatoms. The van der Waals surface area contributed by atoms with Crippen molar-refractivity contribution in [3.63, 3.8) is 0 Å². The van der Waals surface area contributed by atoms with E-state index >= 15 is 0 Å². The first-order valence-corrected chi connectivity index (χ1v) is 7.93. The lowest BCUT2D eigenvalue weighted by atomic mass is 9.90. The highest BCUT2D eigenvalue weighted by atomic mass is 16.3. The Morgan fingerprint density at radius 2 is 1.85 bits per heavy atom. The van der Waals surface area contributed by atoms with Crippen LogP contribution in [0.3, 0.4) is 0 Å². The maximum Gasteiger partial charge on any atom is 0.126 e. The van der Waals surface area contributed by atoms with Gasteiger partial charge >= 0.3 is 0 Å². The minimum Gasteiger partial charge on any atom is -0.507 e. The minimum atomic E-state index is 0.500. The van der Waals surface area contributed by atoms with Crippen molar-refractivity contribution in [1.29, 1.82) is 0 Å². The van der Waals surface area contributed by atoms with Crippen molar-refractivity contribution in [3.05, 3.63) is 42.0 Å². The Balaban J connectivity index is 1.82. The molecular weight excluding hydrogens is 244 g/mol. The summed E-state index contributed by atoms with van der Waals surface area (Å²) in [6.45, 7) is 2.37. The summed E-state index contributed by atoms with van der Waals surface area (Å²) in [5.41, 5.74) is 1.13. The van der Waals surface area contributed by atoms with Crippen LogP contribution >= 0.6 is 0 Å². The lowest BCUT2D eigenvalue weighted by molar-refractivity contribution is 0.426. The van der Waals surface area contributed by atoms with E-state index in [1.807, 2.05) is 18.2 Å². The smallest absolute Gasteiger partial charge is 0.126 e. The van der Waals surface area contributed by atoms with Crippen LogP contribution in [0.2, 0.25) is 0 Å². The molecule has 1 aliphatic rings. The molecule has 1 saturated carbocycles. The third-order valence-electron chi connectivity index (χ3n) is 4.87. The first-order chi connectivity index (χ1) is 9.74. The Morgan fingerprint density at radius 1 is 1.00 bits per heavy atom. The van der Waals surface area contributed by atoms with Crippen LogP contribution in [0.4, 0.5) is 0 Å². The molecule has 3 rings (SSSR count). The van der Waals surface area contributed by atoms with Crippen molar-refractivity contribution >= 4 is 10.8 Å². The fourth-order valence-electron chi connectivity index (χ4n) is 3.54. The van der Waals surface area contributed by atoms with Gasteiger partial charge in [-0.25, -0.2) is 0 Å². The van der Waals surface area contributed by atoms with E-state index in [-0.39, 0.29) is 0 Å². The second-order valence-corrected chi connectivity index (χ2v) is 6.48. The van der Waals surface area contributed by atoms with Crippen LogP contribution < -0.4 is 0 Å². The van der Waals surface area contributed by atoms with Crippen LogP contribution in [0.25, 0.3) is 10.8 Å². The van der Waals surface area contributed by atoms with Gasteiger partial charge in [-0.15, -0.1) is 0 Å². The van der Waals surface area contributed by atoms with E-state index in [1.165, 1.54) is 32.1 Å². The molecule has 20 heavy (non-hydrogen) atoms. The van der Waals surface area contributed by atoms with Gasteiger partial charge in [0.15, 0.2) is 0 Å². The van der Waals surface area contributed by atoms with Gasteiger partial charge in [0.05, 0.1) is 0 Å². The number of hydrogen-bond donors (Lipinski definition) is 1. The zero-order chi connectivity index (χ0) is 13.9. The maximum absolute atomic E-state index is 10.5. The number of aromatic hydroxyl groups is 1. The van der Waals surface area contributed by atoms with E-state index in [1.54, 1.807) is 0 Å². The molecule has 0 saturated heterocycles. The van der Waals surface area contributed by atoms with Crippen molar-refractivity contribution in [1.82, 2.24) is 0 Å². The molecule has 0 aromatic heterocycles. The molecule has 2 unspecified atom stereocenters. The molecule has 2 aromatic rings. The largest absolute Gasteiger partial charge is 0.507 e. The van der Waals surface area contributed by atoms with Gasteiger partial charge < -0.3 is 5.11 Å². The summed E-state index contributed by atoms with van der Waals surface area (Å²) < 4.78 is 0. The van der Waals surface area contributed by atoms with Crippen LogP contribution in [0, 0.1) is 11.8 Å². The van der Waals surface area contributed by atoms with Crippen LogP contribution in [-0.4, -0.2) is 5.11 Å². The van der Waals surface area contributed by atoms with Crippen molar-refractivity contribution in [2.45, 2.75) is 45.4 Å². The lowest BCUT2D eigenvalue weighted by Crippen LogP contribution is -2.04. The Hall–Kier alpha value is -1.50. The van der Waals surface area contributed by atoms with Crippen molar-refractivity contribution in [3.8, 4) is 5.75 Å². The quantitative estimate of drug-likeness (QED) is 0.732. The van der Waals surface area contributed by atoms with E-state index in [4.69, 9.17) is 0 Å². The normalized spacial score (nSPS) is 23.6. The first kappa shape index (κ1) is 13.5. The fraction of sp³-hybridized carbons (Fsp3) is 0.474. The third-order valence-corrected chi connectivity index (χ3v) is 4.87. The van der Waals surface area contributed by atoms with Crippen LogP contribution in [0.1, 0.15) is 44.6 Å². The molecule has 0 heterocycles. The Bertz CT molecular complexity index is 587. The average molecular weight is 268 g/mol. The number of phenols is 1. The zero-order valence-electron chi connectivity index (χ0n) is 12.3. The zero-order valence-corrected chi connectivity index (χ0v) is 12.3. The molecule has 0 radical (unpaired) electrons. The summed E-state index contributed by atoms with van der Waals surface area (Å²) in [5, 5.41) is 12.6. The molecule has 1 nitrogen and oxygen atoms in total. The van der Waals surface area contributed by atoms with Gasteiger partial charge in [-0.1, -0.05) is 69.0 Å². The molecule has 0 aliphatic heterocycles. The molecule has 2 aromatic carbocycles. The molecule has 106 valence electrons. The van der Waals surface area contributed by atoms with E-state index in [2.05, 4.69) is 25.1 Å². The highest BCUT2D eigenvalue weighted by molar-refractivity contribution is 5.89. The minimum absolute atomic E-state index is 0.500. The molecule has 0 spiro atoms. The number of benzene rings is 2. The van der Waals surface area contributed by atoms with Gasteiger partial charge in [-0.3, -0.25) is 0 Å². The molecular formula is C19H24O. The second-order valence-electron chi connectivity index (χ2n) is 6.48. The molecule has 0 amide bonds. The predicted octanol–water partition coefficient (Wildman–Crippen LogP) is 5.30. The summed E-state index contributed by atoms with van der Waals surface area (Å²) in [4.78, 5) is 0. The van der Waals surface area contributed by atoms with Crippen LogP contribution in [-0.2, 0) is 6.42 Å². The van der Waals surface area contributed by atoms with E-state index in [0.29, 0.717) is 5.75 Å². The third kappa shape index (κ3) is 2.82. The Labute approximate surface area is 121 Å². The topological polar surface area (TPSA) is 20.2 Å². The second kappa shape index (κ2) is 5.87. The van der Waals surface area contributed by atoms with Gasteiger partial charge in [-0.05, 0) is 35.6 Å². The maximum atomic E-state index is 10.5. The summed E-state index contributed by atoms with van der Waals surface area (Å²) in [5.74, 6) is 2.12. The Kier molecular flexibility index (Phi) is 3.95. The van der Waals surface area contributed by atoms with Crippen molar-refractivity contribution < 1.29 is 5.11 Å². The van der Waals surface area contributed by atoms with Crippen molar-refractivity contribution in [2.75, 3.05) is 0 Å². The molecule has 0 bridgehead atoms. The number of phenolic OH excluding ortho intramolecular Hbond substituents is 1. The number of fused-ring (bicyclic) bond motifs is 1. The van der Waals surface area contributed by atoms with Gasteiger partial charge in [0.1, 0.15) is 5.75 Å². The summed E-state index contributed by atoms with van der Waals surface area (Å²) in [6, 6.07) is 12.4. The predicted molar refractivity (Wildman–Crippen MR) is 85.1 cm³/mol.